The van der Waals surface area contributed by atoms with Gasteiger partial charge in [-0.25, -0.2) is 0 Å². The number of hydrogen-bond donors (Lipinski definition) is 3. The molecule has 0 heterocycles. The summed E-state index contributed by atoms with van der Waals surface area (Å²) in [6.45, 7) is 2.57. The topological polar surface area (TPSA) is 60.7 Å². The molecule has 0 amide bonds. The maximum absolute atomic E-state index is 8.92. The zero-order valence-electron chi connectivity index (χ0n) is 8.45. The Kier molecular flexibility index (Phi) is 8.40. The monoisotopic (exact) mass is 190 g/mol. The van der Waals surface area contributed by atoms with E-state index in [1.807, 2.05) is 6.92 Å². The quantitative estimate of drug-likeness (QED) is 0.530. The Bertz CT molecular complexity index is 106. The van der Waals surface area contributed by atoms with Gasteiger partial charge in [-0.05, 0) is 31.1 Å². The van der Waals surface area contributed by atoms with Crippen molar-refractivity contribution >= 4 is 0 Å². The van der Waals surface area contributed by atoms with Crippen LogP contribution in [-0.4, -0.2) is 35.1 Å². The predicted octanol–water partition coefficient (Wildman–Crippen LogP) is 0.776. The second kappa shape index (κ2) is 8.48. The van der Waals surface area contributed by atoms with Gasteiger partial charge < -0.3 is 15.3 Å². The van der Waals surface area contributed by atoms with Gasteiger partial charge in [-0.15, -0.1) is 0 Å². The first kappa shape index (κ1) is 12.9. The van der Waals surface area contributed by atoms with E-state index >= 15 is 0 Å². The average Bonchev–Trinajstić information content (AvgIpc) is 2.16. The number of rotatable bonds is 8. The second-order valence-corrected chi connectivity index (χ2v) is 3.78. The summed E-state index contributed by atoms with van der Waals surface area (Å²) in [4.78, 5) is 0. The summed E-state index contributed by atoms with van der Waals surface area (Å²) < 4.78 is 0. The van der Waals surface area contributed by atoms with Crippen molar-refractivity contribution < 1.29 is 15.3 Å². The summed E-state index contributed by atoms with van der Waals surface area (Å²) in [5.74, 6) is 0.587. The van der Waals surface area contributed by atoms with E-state index in [-0.39, 0.29) is 25.7 Å². The number of hydrogen-bond acceptors (Lipinski definition) is 3. The molecule has 0 spiro atoms. The van der Waals surface area contributed by atoms with Gasteiger partial charge in [-0.3, -0.25) is 0 Å². The van der Waals surface area contributed by atoms with Gasteiger partial charge in [0, 0.05) is 19.8 Å². The van der Waals surface area contributed by atoms with E-state index in [0.29, 0.717) is 12.3 Å². The molecule has 0 fully saturated rings. The van der Waals surface area contributed by atoms with E-state index in [9.17, 15) is 0 Å². The molecule has 0 aliphatic heterocycles. The van der Waals surface area contributed by atoms with Crippen molar-refractivity contribution in [1.29, 1.82) is 0 Å². The van der Waals surface area contributed by atoms with Crippen molar-refractivity contribution in [3.8, 4) is 0 Å². The fourth-order valence-corrected chi connectivity index (χ4v) is 1.36. The van der Waals surface area contributed by atoms with Crippen LogP contribution in [-0.2, 0) is 0 Å². The largest absolute Gasteiger partial charge is 0.396 e. The van der Waals surface area contributed by atoms with Gasteiger partial charge >= 0.3 is 0 Å². The van der Waals surface area contributed by atoms with Crippen LogP contribution in [0.4, 0.5) is 0 Å². The minimum absolute atomic E-state index is 0.154. The van der Waals surface area contributed by atoms with E-state index in [0.717, 1.165) is 19.3 Å². The lowest BCUT2D eigenvalue weighted by Gasteiger charge is -2.13. The summed E-state index contributed by atoms with van der Waals surface area (Å²) in [7, 11) is 0. The van der Waals surface area contributed by atoms with Crippen molar-refractivity contribution in [2.24, 2.45) is 11.8 Å². The third kappa shape index (κ3) is 6.99. The molecule has 3 N–H and O–H groups in total. The first-order valence-electron chi connectivity index (χ1n) is 5.07. The molecule has 0 aromatic heterocycles. The fraction of sp³-hybridized carbons (Fsp3) is 1.00. The van der Waals surface area contributed by atoms with Gasteiger partial charge in [-0.1, -0.05) is 13.3 Å². The molecule has 0 rings (SSSR count). The zero-order chi connectivity index (χ0) is 10.1. The van der Waals surface area contributed by atoms with Gasteiger partial charge in [0.15, 0.2) is 0 Å². The maximum atomic E-state index is 8.92. The van der Waals surface area contributed by atoms with Crippen LogP contribution in [0.15, 0.2) is 0 Å². The summed E-state index contributed by atoms with van der Waals surface area (Å²) in [6, 6.07) is 0. The molecule has 2 atom stereocenters. The molecule has 0 aliphatic rings. The SMILES string of the molecule is CC(CO)CCCC(CO)CCO. The third-order valence-corrected chi connectivity index (χ3v) is 2.42. The van der Waals surface area contributed by atoms with E-state index in [1.165, 1.54) is 0 Å². The van der Waals surface area contributed by atoms with E-state index in [2.05, 4.69) is 0 Å². The molecule has 13 heavy (non-hydrogen) atoms. The van der Waals surface area contributed by atoms with Crippen LogP contribution in [0.1, 0.15) is 32.6 Å². The lowest BCUT2D eigenvalue weighted by molar-refractivity contribution is 0.169. The predicted molar refractivity (Wildman–Crippen MR) is 52.4 cm³/mol. The minimum Gasteiger partial charge on any atom is -0.396 e. The molecule has 3 nitrogen and oxygen atoms in total. The molecule has 3 heteroatoms. The highest BCUT2D eigenvalue weighted by atomic mass is 16.3. The first-order chi connectivity index (χ1) is 6.24. The number of aliphatic hydroxyl groups is 3. The molecule has 0 aromatic carbocycles. The lowest BCUT2D eigenvalue weighted by Crippen LogP contribution is -2.09. The van der Waals surface area contributed by atoms with Crippen LogP contribution in [0.5, 0.6) is 0 Å². The van der Waals surface area contributed by atoms with Crippen molar-refractivity contribution in [1.82, 2.24) is 0 Å². The molecule has 2 unspecified atom stereocenters. The van der Waals surface area contributed by atoms with Crippen molar-refractivity contribution in [2.45, 2.75) is 32.6 Å². The highest BCUT2D eigenvalue weighted by Gasteiger charge is 2.07. The van der Waals surface area contributed by atoms with Gasteiger partial charge in [-0.2, -0.15) is 0 Å². The Morgan fingerprint density at radius 2 is 1.62 bits per heavy atom. The van der Waals surface area contributed by atoms with Gasteiger partial charge in [0.25, 0.3) is 0 Å². The van der Waals surface area contributed by atoms with Crippen LogP contribution >= 0.6 is 0 Å². The normalized spacial score (nSPS) is 15.7. The standard InChI is InChI=1S/C10H22O3/c1-9(7-12)3-2-4-10(8-13)5-6-11/h9-13H,2-8H2,1H3. The first-order valence-corrected chi connectivity index (χ1v) is 5.07. The Labute approximate surface area is 80.4 Å². The molecular weight excluding hydrogens is 168 g/mol. The van der Waals surface area contributed by atoms with Crippen LogP contribution in [0.2, 0.25) is 0 Å². The molecular formula is C10H22O3. The molecule has 80 valence electrons. The van der Waals surface area contributed by atoms with E-state index in [4.69, 9.17) is 15.3 Å². The Morgan fingerprint density at radius 3 is 2.08 bits per heavy atom. The summed E-state index contributed by atoms with van der Waals surface area (Å²) in [5, 5.41) is 26.4. The zero-order valence-corrected chi connectivity index (χ0v) is 8.45. The second-order valence-electron chi connectivity index (χ2n) is 3.78. The Hall–Kier alpha value is -0.120. The van der Waals surface area contributed by atoms with E-state index in [1.54, 1.807) is 0 Å². The summed E-state index contributed by atoms with van der Waals surface area (Å²) in [6.07, 6.45) is 3.65. The molecule has 0 saturated heterocycles. The van der Waals surface area contributed by atoms with Gasteiger partial charge in [0.05, 0.1) is 0 Å². The Balaban J connectivity index is 3.37. The van der Waals surface area contributed by atoms with Crippen molar-refractivity contribution in [3.63, 3.8) is 0 Å². The summed E-state index contributed by atoms with van der Waals surface area (Å²) >= 11 is 0. The Morgan fingerprint density at radius 1 is 0.923 bits per heavy atom. The van der Waals surface area contributed by atoms with Crippen molar-refractivity contribution in [2.75, 3.05) is 19.8 Å². The molecule has 0 aliphatic carbocycles. The number of aliphatic hydroxyl groups excluding tert-OH is 3. The molecule has 0 radical (unpaired) electrons. The maximum Gasteiger partial charge on any atom is 0.0460 e. The lowest BCUT2D eigenvalue weighted by atomic mass is 9.96. The van der Waals surface area contributed by atoms with Gasteiger partial charge in [0.1, 0.15) is 0 Å². The highest BCUT2D eigenvalue weighted by Crippen LogP contribution is 2.14. The molecule has 0 aromatic rings. The third-order valence-electron chi connectivity index (χ3n) is 2.42. The highest BCUT2D eigenvalue weighted by molar-refractivity contribution is 4.59. The molecule has 0 bridgehead atoms. The van der Waals surface area contributed by atoms with Crippen LogP contribution in [0.3, 0.4) is 0 Å². The van der Waals surface area contributed by atoms with Crippen LogP contribution in [0.25, 0.3) is 0 Å². The van der Waals surface area contributed by atoms with Crippen molar-refractivity contribution in [3.05, 3.63) is 0 Å². The minimum atomic E-state index is 0.154. The fourth-order valence-electron chi connectivity index (χ4n) is 1.36. The molecule has 0 saturated carbocycles. The van der Waals surface area contributed by atoms with Crippen LogP contribution in [0, 0.1) is 11.8 Å². The summed E-state index contributed by atoms with van der Waals surface area (Å²) in [5.41, 5.74) is 0. The van der Waals surface area contributed by atoms with Gasteiger partial charge in [0.2, 0.25) is 0 Å². The van der Waals surface area contributed by atoms with E-state index < -0.39 is 0 Å². The smallest absolute Gasteiger partial charge is 0.0460 e. The average molecular weight is 190 g/mol. The van der Waals surface area contributed by atoms with Crippen LogP contribution < -0.4 is 0 Å².